The molecule has 1 aromatic heterocycles. The average molecular weight is 211 g/mol. The van der Waals surface area contributed by atoms with Crippen LogP contribution in [0.25, 0.3) is 0 Å². The minimum absolute atomic E-state index is 0.263. The Labute approximate surface area is 86.9 Å². The molecule has 1 aromatic rings. The Bertz CT molecular complexity index is 304. The molecule has 14 heavy (non-hydrogen) atoms. The van der Waals surface area contributed by atoms with Crippen molar-refractivity contribution in [3.63, 3.8) is 0 Å². The molecule has 1 fully saturated rings. The molecule has 0 saturated carbocycles. The van der Waals surface area contributed by atoms with Crippen LogP contribution in [0.3, 0.4) is 0 Å². The van der Waals surface area contributed by atoms with Crippen molar-refractivity contribution in [2.24, 2.45) is 5.92 Å². The van der Waals surface area contributed by atoms with Crippen LogP contribution in [0, 0.1) is 5.92 Å². The van der Waals surface area contributed by atoms with Crippen LogP contribution in [0.4, 0.5) is 5.13 Å². The fraction of sp³-hybridized carbons (Fsp3) is 0.667. The number of hydrogen-bond acceptors (Lipinski definition) is 5. The summed E-state index contributed by atoms with van der Waals surface area (Å²) in [6, 6.07) is 0. The summed E-state index contributed by atoms with van der Waals surface area (Å²) in [5.41, 5.74) is 1.74. The third-order valence-corrected chi connectivity index (χ3v) is 3.44. The molecule has 1 saturated heterocycles. The highest BCUT2D eigenvalue weighted by molar-refractivity contribution is 7.13. The maximum atomic E-state index is 11.1. The van der Waals surface area contributed by atoms with Gasteiger partial charge in [-0.1, -0.05) is 11.3 Å². The van der Waals surface area contributed by atoms with Crippen LogP contribution < -0.4 is 4.90 Å². The highest BCUT2D eigenvalue weighted by Crippen LogP contribution is 2.24. The number of aromatic nitrogens is 2. The first-order valence-corrected chi connectivity index (χ1v) is 5.67. The van der Waals surface area contributed by atoms with E-state index in [-0.39, 0.29) is 5.92 Å². The predicted molar refractivity (Wildman–Crippen MR) is 55.5 cm³/mol. The van der Waals surface area contributed by atoms with Crippen LogP contribution >= 0.6 is 11.3 Å². The summed E-state index contributed by atoms with van der Waals surface area (Å²) in [6.07, 6.45) is 1.91. The zero-order valence-electron chi connectivity index (χ0n) is 8.14. The van der Waals surface area contributed by atoms with Crippen molar-refractivity contribution in [3.05, 3.63) is 5.51 Å². The topological polar surface area (TPSA) is 46.1 Å². The summed E-state index contributed by atoms with van der Waals surface area (Å²) < 4.78 is 0. The van der Waals surface area contributed by atoms with Gasteiger partial charge in [-0.25, -0.2) is 0 Å². The predicted octanol–water partition coefficient (Wildman–Crippen LogP) is 1.34. The first-order valence-electron chi connectivity index (χ1n) is 4.79. The number of carbonyl (C=O) groups excluding carboxylic acids is 1. The van der Waals surface area contributed by atoms with Gasteiger partial charge in [-0.15, -0.1) is 10.2 Å². The Hall–Kier alpha value is -0.970. The fourth-order valence-corrected chi connectivity index (χ4v) is 2.40. The Kier molecular flexibility index (Phi) is 2.77. The van der Waals surface area contributed by atoms with E-state index in [4.69, 9.17) is 0 Å². The van der Waals surface area contributed by atoms with Gasteiger partial charge < -0.3 is 4.90 Å². The van der Waals surface area contributed by atoms with E-state index >= 15 is 0 Å². The van der Waals surface area contributed by atoms with E-state index in [2.05, 4.69) is 15.1 Å². The van der Waals surface area contributed by atoms with E-state index in [0.717, 1.165) is 31.1 Å². The van der Waals surface area contributed by atoms with Crippen molar-refractivity contribution in [1.29, 1.82) is 0 Å². The van der Waals surface area contributed by atoms with Gasteiger partial charge in [-0.2, -0.15) is 0 Å². The summed E-state index contributed by atoms with van der Waals surface area (Å²) >= 11 is 1.56. The highest BCUT2D eigenvalue weighted by atomic mass is 32.1. The van der Waals surface area contributed by atoms with Gasteiger partial charge in [0.05, 0.1) is 0 Å². The molecule has 0 N–H and O–H groups in total. The smallest absolute Gasteiger partial charge is 0.208 e. The normalized spacial score (nSPS) is 18.5. The molecule has 4 nitrogen and oxygen atoms in total. The van der Waals surface area contributed by atoms with E-state index < -0.39 is 0 Å². The Morgan fingerprint density at radius 2 is 2.29 bits per heavy atom. The highest BCUT2D eigenvalue weighted by Gasteiger charge is 2.23. The first-order chi connectivity index (χ1) is 6.77. The zero-order chi connectivity index (χ0) is 9.97. The Balaban J connectivity index is 1.93. The number of rotatable bonds is 2. The van der Waals surface area contributed by atoms with Crippen molar-refractivity contribution in [2.75, 3.05) is 18.0 Å². The second kappa shape index (κ2) is 4.04. The van der Waals surface area contributed by atoms with Crippen molar-refractivity contribution >= 4 is 22.3 Å². The van der Waals surface area contributed by atoms with Gasteiger partial charge in [-0.3, -0.25) is 4.79 Å². The van der Waals surface area contributed by atoms with Gasteiger partial charge >= 0.3 is 0 Å². The summed E-state index contributed by atoms with van der Waals surface area (Å²) in [5, 5.41) is 8.81. The maximum absolute atomic E-state index is 11.1. The minimum Gasteiger partial charge on any atom is -0.347 e. The number of carbonyl (C=O) groups is 1. The van der Waals surface area contributed by atoms with E-state index in [1.54, 1.807) is 23.8 Å². The van der Waals surface area contributed by atoms with Crippen LogP contribution in [0.5, 0.6) is 0 Å². The van der Waals surface area contributed by atoms with E-state index in [9.17, 15) is 4.79 Å². The molecule has 0 radical (unpaired) electrons. The largest absolute Gasteiger partial charge is 0.347 e. The lowest BCUT2D eigenvalue weighted by molar-refractivity contribution is -0.121. The van der Waals surface area contributed by atoms with Crippen LogP contribution in [-0.2, 0) is 4.79 Å². The van der Waals surface area contributed by atoms with E-state index in [1.807, 2.05) is 0 Å². The van der Waals surface area contributed by atoms with E-state index in [0.29, 0.717) is 5.78 Å². The molecular weight excluding hydrogens is 198 g/mol. The first kappa shape index (κ1) is 9.58. The standard InChI is InChI=1S/C9H13N3OS/c1-7(13)8-2-4-12(5-3-8)9-11-10-6-14-9/h6,8H,2-5H2,1H3. The summed E-state index contributed by atoms with van der Waals surface area (Å²) in [6.45, 7) is 3.55. The summed E-state index contributed by atoms with van der Waals surface area (Å²) in [5.74, 6) is 0.584. The van der Waals surface area contributed by atoms with E-state index in [1.165, 1.54) is 0 Å². The molecule has 1 aliphatic heterocycles. The van der Waals surface area contributed by atoms with Gasteiger partial charge in [-0.05, 0) is 19.8 Å². The van der Waals surface area contributed by atoms with Crippen molar-refractivity contribution < 1.29 is 4.79 Å². The second-order valence-electron chi connectivity index (χ2n) is 3.59. The van der Waals surface area contributed by atoms with Gasteiger partial charge in [0.15, 0.2) is 0 Å². The lowest BCUT2D eigenvalue weighted by Crippen LogP contribution is -2.35. The van der Waals surface area contributed by atoms with Gasteiger partial charge in [0.1, 0.15) is 11.3 Å². The Morgan fingerprint density at radius 1 is 1.57 bits per heavy atom. The number of piperidine rings is 1. The second-order valence-corrected chi connectivity index (χ2v) is 4.40. The summed E-state index contributed by atoms with van der Waals surface area (Å²) in [7, 11) is 0. The molecule has 76 valence electrons. The molecule has 0 bridgehead atoms. The molecule has 5 heteroatoms. The molecule has 2 heterocycles. The zero-order valence-corrected chi connectivity index (χ0v) is 8.96. The molecule has 0 unspecified atom stereocenters. The van der Waals surface area contributed by atoms with Crippen LogP contribution in [-0.4, -0.2) is 29.1 Å². The molecule has 1 aliphatic rings. The molecule has 0 aliphatic carbocycles. The van der Waals surface area contributed by atoms with Crippen LogP contribution in [0.15, 0.2) is 5.51 Å². The average Bonchev–Trinajstić information content (AvgIpc) is 2.71. The van der Waals surface area contributed by atoms with Crippen molar-refractivity contribution in [3.8, 4) is 0 Å². The third kappa shape index (κ3) is 1.92. The number of Topliss-reactive ketones (excluding diaryl/α,β-unsaturated/α-hetero) is 1. The lowest BCUT2D eigenvalue weighted by atomic mass is 9.94. The van der Waals surface area contributed by atoms with Crippen molar-refractivity contribution in [1.82, 2.24) is 10.2 Å². The number of anilines is 1. The van der Waals surface area contributed by atoms with Gasteiger partial charge in [0, 0.05) is 19.0 Å². The number of ketones is 1. The summed E-state index contributed by atoms with van der Waals surface area (Å²) in [4.78, 5) is 13.4. The quantitative estimate of drug-likeness (QED) is 0.740. The van der Waals surface area contributed by atoms with Crippen LogP contribution in [0.1, 0.15) is 19.8 Å². The van der Waals surface area contributed by atoms with Crippen molar-refractivity contribution in [2.45, 2.75) is 19.8 Å². The molecular formula is C9H13N3OS. The maximum Gasteiger partial charge on any atom is 0.208 e. The molecule has 0 spiro atoms. The molecule has 0 aromatic carbocycles. The number of nitrogens with zero attached hydrogens (tertiary/aromatic N) is 3. The third-order valence-electron chi connectivity index (χ3n) is 2.69. The molecule has 0 atom stereocenters. The Morgan fingerprint density at radius 3 is 2.79 bits per heavy atom. The minimum atomic E-state index is 0.263. The molecule has 0 amide bonds. The fourth-order valence-electron chi connectivity index (χ4n) is 1.78. The van der Waals surface area contributed by atoms with Gasteiger partial charge in [0.2, 0.25) is 5.13 Å². The monoisotopic (exact) mass is 211 g/mol. The van der Waals surface area contributed by atoms with Crippen LogP contribution in [0.2, 0.25) is 0 Å². The molecule has 2 rings (SSSR count). The SMILES string of the molecule is CC(=O)C1CCN(c2nncs2)CC1. The number of hydrogen-bond donors (Lipinski definition) is 0. The lowest BCUT2D eigenvalue weighted by Gasteiger charge is -2.29. The van der Waals surface area contributed by atoms with Gasteiger partial charge in [0.25, 0.3) is 0 Å².